The van der Waals surface area contributed by atoms with E-state index >= 15 is 0 Å². The Morgan fingerprint density at radius 2 is 1.76 bits per heavy atom. The van der Waals surface area contributed by atoms with Gasteiger partial charge in [-0.3, -0.25) is 0 Å². The zero-order chi connectivity index (χ0) is 15.3. The molecule has 1 aromatic carbocycles. The average molecular weight is 291 g/mol. The molecule has 1 aliphatic carbocycles. The van der Waals surface area contributed by atoms with Gasteiger partial charge in [0.2, 0.25) is 0 Å². The minimum absolute atomic E-state index is 0.246. The summed E-state index contributed by atoms with van der Waals surface area (Å²) in [5, 5.41) is 0. The second-order valence-electron chi connectivity index (χ2n) is 6.34. The van der Waals surface area contributed by atoms with Crippen LogP contribution in [0.25, 0.3) is 0 Å². The largest absolute Gasteiger partial charge is 0.497 e. The van der Waals surface area contributed by atoms with Crippen molar-refractivity contribution in [1.29, 1.82) is 0 Å². The Morgan fingerprint density at radius 1 is 1.10 bits per heavy atom. The highest BCUT2D eigenvalue weighted by Gasteiger charge is 2.31. The van der Waals surface area contributed by atoms with Crippen molar-refractivity contribution in [3.05, 3.63) is 23.8 Å². The summed E-state index contributed by atoms with van der Waals surface area (Å²) >= 11 is 0. The summed E-state index contributed by atoms with van der Waals surface area (Å²) in [5.41, 5.74) is 7.68. The molecule has 3 heteroatoms. The van der Waals surface area contributed by atoms with Gasteiger partial charge in [-0.1, -0.05) is 32.6 Å². The van der Waals surface area contributed by atoms with Gasteiger partial charge in [0.25, 0.3) is 0 Å². The third-order valence-electron chi connectivity index (χ3n) is 4.86. The summed E-state index contributed by atoms with van der Waals surface area (Å²) in [5.74, 6) is 2.49. The molecule has 1 saturated carbocycles. The molecule has 118 valence electrons. The fourth-order valence-corrected chi connectivity index (χ4v) is 3.52. The normalized spacial score (nSPS) is 26.2. The SMILES string of the molecule is CCCC1CCCC(N)(c2cc(OC)cc(OC)c2)CC1. The fourth-order valence-electron chi connectivity index (χ4n) is 3.52. The molecule has 0 saturated heterocycles. The second-order valence-corrected chi connectivity index (χ2v) is 6.34. The molecule has 0 amide bonds. The van der Waals surface area contributed by atoms with E-state index in [0.29, 0.717) is 0 Å². The first-order valence-electron chi connectivity index (χ1n) is 8.13. The summed E-state index contributed by atoms with van der Waals surface area (Å²) in [7, 11) is 3.37. The molecular formula is C18H29NO2. The zero-order valence-electron chi connectivity index (χ0n) is 13.7. The van der Waals surface area contributed by atoms with Gasteiger partial charge in [0.15, 0.2) is 0 Å². The molecule has 21 heavy (non-hydrogen) atoms. The zero-order valence-corrected chi connectivity index (χ0v) is 13.7. The van der Waals surface area contributed by atoms with Crippen LogP contribution in [0.2, 0.25) is 0 Å². The molecule has 2 atom stereocenters. The number of hydrogen-bond donors (Lipinski definition) is 1. The van der Waals surface area contributed by atoms with Gasteiger partial charge in [0, 0.05) is 11.6 Å². The third kappa shape index (κ3) is 3.91. The molecule has 0 bridgehead atoms. The topological polar surface area (TPSA) is 44.5 Å². The monoisotopic (exact) mass is 291 g/mol. The van der Waals surface area contributed by atoms with Crippen LogP contribution in [0.15, 0.2) is 18.2 Å². The minimum atomic E-state index is -0.246. The molecular weight excluding hydrogens is 262 g/mol. The Kier molecular flexibility index (Phi) is 5.51. The van der Waals surface area contributed by atoms with Gasteiger partial charge in [-0.2, -0.15) is 0 Å². The maximum absolute atomic E-state index is 6.77. The summed E-state index contributed by atoms with van der Waals surface area (Å²) in [4.78, 5) is 0. The lowest BCUT2D eigenvalue weighted by molar-refractivity contribution is 0.357. The van der Waals surface area contributed by atoms with Crippen LogP contribution in [0, 0.1) is 5.92 Å². The van der Waals surface area contributed by atoms with Crippen LogP contribution in [-0.2, 0) is 5.54 Å². The van der Waals surface area contributed by atoms with Gasteiger partial charge < -0.3 is 15.2 Å². The van der Waals surface area contributed by atoms with Gasteiger partial charge in [0.05, 0.1) is 14.2 Å². The van der Waals surface area contributed by atoms with E-state index in [1.54, 1.807) is 14.2 Å². The van der Waals surface area contributed by atoms with Gasteiger partial charge in [0.1, 0.15) is 11.5 Å². The fraction of sp³-hybridized carbons (Fsp3) is 0.667. The number of ether oxygens (including phenoxy) is 2. The molecule has 2 N–H and O–H groups in total. The highest BCUT2D eigenvalue weighted by molar-refractivity contribution is 5.41. The van der Waals surface area contributed by atoms with Gasteiger partial charge >= 0.3 is 0 Å². The molecule has 1 fully saturated rings. The lowest BCUT2D eigenvalue weighted by atomic mass is 9.83. The predicted molar refractivity (Wildman–Crippen MR) is 86.9 cm³/mol. The first-order valence-corrected chi connectivity index (χ1v) is 8.13. The summed E-state index contributed by atoms with van der Waals surface area (Å²) in [6.07, 6.45) is 8.45. The van der Waals surface area contributed by atoms with E-state index < -0.39 is 0 Å². The standard InChI is InChI=1S/C18H29NO2/c1-4-6-14-7-5-9-18(19,10-8-14)15-11-16(20-2)13-17(12-15)21-3/h11-14H,4-10,19H2,1-3H3. The van der Waals surface area contributed by atoms with E-state index in [4.69, 9.17) is 15.2 Å². The van der Waals surface area contributed by atoms with E-state index in [9.17, 15) is 0 Å². The number of benzene rings is 1. The average Bonchev–Trinajstić information content (AvgIpc) is 2.70. The van der Waals surface area contributed by atoms with Crippen molar-refractivity contribution in [3.63, 3.8) is 0 Å². The first-order chi connectivity index (χ1) is 10.1. The van der Waals surface area contributed by atoms with E-state index in [0.717, 1.165) is 35.8 Å². The molecule has 1 aliphatic rings. The number of nitrogens with two attached hydrogens (primary N) is 1. The van der Waals surface area contributed by atoms with E-state index in [2.05, 4.69) is 19.1 Å². The van der Waals surface area contributed by atoms with E-state index in [1.807, 2.05) is 6.07 Å². The van der Waals surface area contributed by atoms with Crippen molar-refractivity contribution in [2.24, 2.45) is 11.7 Å². The Morgan fingerprint density at radius 3 is 2.33 bits per heavy atom. The second kappa shape index (κ2) is 7.17. The van der Waals surface area contributed by atoms with Crippen molar-refractivity contribution >= 4 is 0 Å². The van der Waals surface area contributed by atoms with Crippen molar-refractivity contribution in [1.82, 2.24) is 0 Å². The molecule has 3 nitrogen and oxygen atoms in total. The molecule has 0 aromatic heterocycles. The molecule has 0 radical (unpaired) electrons. The van der Waals surface area contributed by atoms with Crippen molar-refractivity contribution < 1.29 is 9.47 Å². The Hall–Kier alpha value is -1.22. The number of hydrogen-bond acceptors (Lipinski definition) is 3. The smallest absolute Gasteiger partial charge is 0.122 e. The van der Waals surface area contributed by atoms with Gasteiger partial charge in [-0.05, 0) is 42.9 Å². The van der Waals surface area contributed by atoms with Crippen molar-refractivity contribution in [3.8, 4) is 11.5 Å². The highest BCUT2D eigenvalue weighted by atomic mass is 16.5. The quantitative estimate of drug-likeness (QED) is 0.825. The molecule has 0 aliphatic heterocycles. The summed E-state index contributed by atoms with van der Waals surface area (Å²) < 4.78 is 10.8. The van der Waals surface area contributed by atoms with Crippen LogP contribution in [0.3, 0.4) is 0 Å². The molecule has 2 unspecified atom stereocenters. The summed E-state index contributed by atoms with van der Waals surface area (Å²) in [6.45, 7) is 2.27. The van der Waals surface area contributed by atoms with Crippen molar-refractivity contribution in [2.75, 3.05) is 14.2 Å². The molecule has 0 spiro atoms. The Bertz CT molecular complexity index is 438. The summed E-state index contributed by atoms with van der Waals surface area (Å²) in [6, 6.07) is 6.05. The maximum atomic E-state index is 6.77. The maximum Gasteiger partial charge on any atom is 0.122 e. The third-order valence-corrected chi connectivity index (χ3v) is 4.86. The molecule has 2 rings (SSSR count). The highest BCUT2D eigenvalue weighted by Crippen LogP contribution is 2.39. The van der Waals surface area contributed by atoms with Gasteiger partial charge in [-0.15, -0.1) is 0 Å². The van der Waals surface area contributed by atoms with Crippen LogP contribution < -0.4 is 15.2 Å². The van der Waals surface area contributed by atoms with Crippen LogP contribution in [0.5, 0.6) is 11.5 Å². The Balaban J connectivity index is 2.22. The first kappa shape index (κ1) is 16.2. The van der Waals surface area contributed by atoms with E-state index in [-0.39, 0.29) is 5.54 Å². The van der Waals surface area contributed by atoms with Crippen molar-refractivity contribution in [2.45, 2.75) is 57.4 Å². The lowest BCUT2D eigenvalue weighted by Gasteiger charge is -2.29. The Labute approximate surface area is 128 Å². The van der Waals surface area contributed by atoms with Crippen LogP contribution >= 0.6 is 0 Å². The van der Waals surface area contributed by atoms with Crippen LogP contribution in [-0.4, -0.2) is 14.2 Å². The van der Waals surface area contributed by atoms with Crippen LogP contribution in [0.1, 0.15) is 57.4 Å². The van der Waals surface area contributed by atoms with Gasteiger partial charge in [-0.25, -0.2) is 0 Å². The lowest BCUT2D eigenvalue weighted by Crippen LogP contribution is -2.36. The number of rotatable bonds is 5. The van der Waals surface area contributed by atoms with E-state index in [1.165, 1.54) is 32.1 Å². The van der Waals surface area contributed by atoms with Crippen LogP contribution in [0.4, 0.5) is 0 Å². The molecule has 1 aromatic rings. The molecule has 0 heterocycles. The minimum Gasteiger partial charge on any atom is -0.497 e. The predicted octanol–water partition coefficient (Wildman–Crippen LogP) is 4.24. The number of methoxy groups -OCH3 is 2.